The lowest BCUT2D eigenvalue weighted by Crippen LogP contribution is -2.37. The van der Waals surface area contributed by atoms with Gasteiger partial charge < -0.3 is 4.90 Å². The van der Waals surface area contributed by atoms with E-state index >= 15 is 0 Å². The molecule has 0 spiro atoms. The van der Waals surface area contributed by atoms with Crippen molar-refractivity contribution in [1.29, 1.82) is 0 Å². The molecule has 1 aromatic rings. The number of nitrogens with zero attached hydrogens (tertiary/aromatic N) is 5. The molecule has 0 bridgehead atoms. The summed E-state index contributed by atoms with van der Waals surface area (Å²) in [5, 5.41) is 12.8. The number of hydrogen-bond donors (Lipinski definition) is 0. The number of hydrogen-bond acceptors (Lipinski definition) is 5. The summed E-state index contributed by atoms with van der Waals surface area (Å²) in [6.07, 6.45) is 9.52. The van der Waals surface area contributed by atoms with E-state index in [4.69, 9.17) is 0 Å². The Morgan fingerprint density at radius 3 is 2.50 bits per heavy atom. The van der Waals surface area contributed by atoms with Crippen molar-refractivity contribution in [3.8, 4) is 0 Å². The molecule has 2 aliphatic rings. The van der Waals surface area contributed by atoms with E-state index in [1.807, 2.05) is 16.5 Å². The third-order valence-corrected chi connectivity index (χ3v) is 5.72. The molecule has 2 fully saturated rings. The predicted molar refractivity (Wildman–Crippen MR) is 85.7 cm³/mol. The largest absolute Gasteiger partial charge is 0.342 e. The minimum Gasteiger partial charge on any atom is -0.342 e. The zero-order valence-corrected chi connectivity index (χ0v) is 14.1. The zero-order valence-electron chi connectivity index (χ0n) is 13.3. The molecule has 1 amide bonds. The van der Waals surface area contributed by atoms with Gasteiger partial charge in [-0.2, -0.15) is 0 Å². The smallest absolute Gasteiger partial charge is 0.235 e. The van der Waals surface area contributed by atoms with Gasteiger partial charge in [-0.15, -0.1) is 5.10 Å². The number of amides is 1. The maximum absolute atomic E-state index is 12.6. The molecule has 1 unspecified atom stereocenters. The van der Waals surface area contributed by atoms with Crippen molar-refractivity contribution in [2.24, 2.45) is 0 Å². The predicted octanol–water partition coefficient (Wildman–Crippen LogP) is 2.67. The van der Waals surface area contributed by atoms with Crippen molar-refractivity contribution in [3.63, 3.8) is 0 Å². The van der Waals surface area contributed by atoms with Crippen LogP contribution in [0.25, 0.3) is 0 Å². The Morgan fingerprint density at radius 2 is 1.82 bits per heavy atom. The van der Waals surface area contributed by atoms with Crippen molar-refractivity contribution in [3.05, 3.63) is 0 Å². The standard InChI is InChI=1S/C15H25N5OS/c1-12(14(21)19-10-6-2-3-7-11-19)22-15-16-17-18-20(15)13-8-4-5-9-13/h12-13H,2-11H2,1H3. The highest BCUT2D eigenvalue weighted by Gasteiger charge is 2.27. The van der Waals surface area contributed by atoms with E-state index < -0.39 is 0 Å². The lowest BCUT2D eigenvalue weighted by atomic mass is 10.2. The van der Waals surface area contributed by atoms with E-state index in [0.29, 0.717) is 6.04 Å². The summed E-state index contributed by atoms with van der Waals surface area (Å²) in [6.45, 7) is 3.78. The van der Waals surface area contributed by atoms with Crippen LogP contribution in [0.1, 0.15) is 64.3 Å². The van der Waals surface area contributed by atoms with E-state index in [9.17, 15) is 4.79 Å². The molecule has 1 saturated carbocycles. The molecule has 0 aromatic carbocycles. The van der Waals surface area contributed by atoms with Gasteiger partial charge in [0.25, 0.3) is 0 Å². The summed E-state index contributed by atoms with van der Waals surface area (Å²) in [6, 6.07) is 0.415. The van der Waals surface area contributed by atoms with E-state index in [0.717, 1.165) is 43.9 Å². The minimum absolute atomic E-state index is 0.121. The van der Waals surface area contributed by atoms with Crippen LogP contribution in [0.15, 0.2) is 5.16 Å². The van der Waals surface area contributed by atoms with Gasteiger partial charge in [0.15, 0.2) is 0 Å². The highest BCUT2D eigenvalue weighted by molar-refractivity contribution is 8.00. The normalized spacial score (nSPS) is 21.8. The quantitative estimate of drug-likeness (QED) is 0.797. The first-order valence-corrected chi connectivity index (χ1v) is 9.37. The Morgan fingerprint density at radius 1 is 1.14 bits per heavy atom. The van der Waals surface area contributed by atoms with Gasteiger partial charge in [-0.25, -0.2) is 4.68 Å². The fourth-order valence-electron chi connectivity index (χ4n) is 3.40. The van der Waals surface area contributed by atoms with Gasteiger partial charge in [0.2, 0.25) is 11.1 Å². The molecule has 122 valence electrons. The second-order valence-electron chi connectivity index (χ2n) is 6.34. The second kappa shape index (κ2) is 7.44. The van der Waals surface area contributed by atoms with Crippen LogP contribution in [-0.4, -0.2) is 49.4 Å². The summed E-state index contributed by atoms with van der Waals surface area (Å²) >= 11 is 1.51. The Labute approximate surface area is 136 Å². The summed E-state index contributed by atoms with van der Waals surface area (Å²) in [5.41, 5.74) is 0. The van der Waals surface area contributed by atoms with Gasteiger partial charge in [-0.3, -0.25) is 4.79 Å². The lowest BCUT2D eigenvalue weighted by molar-refractivity contribution is -0.130. The number of aromatic nitrogens is 4. The first-order chi connectivity index (χ1) is 10.8. The molecule has 1 aliphatic carbocycles. The molecule has 6 nitrogen and oxygen atoms in total. The zero-order chi connectivity index (χ0) is 15.4. The Balaban J connectivity index is 1.62. The number of carbonyl (C=O) groups is 1. The SMILES string of the molecule is CC(Sc1nnnn1C1CCCC1)C(=O)N1CCCCCC1. The molecule has 2 heterocycles. The Hall–Kier alpha value is -1.11. The van der Waals surface area contributed by atoms with Crippen LogP contribution in [-0.2, 0) is 4.79 Å². The molecule has 1 saturated heterocycles. The molecule has 1 aliphatic heterocycles. The number of tetrazole rings is 1. The maximum Gasteiger partial charge on any atom is 0.235 e. The molecule has 0 radical (unpaired) electrons. The van der Waals surface area contributed by atoms with Crippen LogP contribution < -0.4 is 0 Å². The van der Waals surface area contributed by atoms with Crippen molar-refractivity contribution < 1.29 is 4.79 Å². The third kappa shape index (κ3) is 3.62. The molecule has 1 aromatic heterocycles. The fraction of sp³-hybridized carbons (Fsp3) is 0.867. The average molecular weight is 323 g/mol. The van der Waals surface area contributed by atoms with Gasteiger partial charge in [0, 0.05) is 13.1 Å². The van der Waals surface area contributed by atoms with Gasteiger partial charge in [0.05, 0.1) is 11.3 Å². The van der Waals surface area contributed by atoms with Gasteiger partial charge >= 0.3 is 0 Å². The number of carbonyl (C=O) groups excluding carboxylic acids is 1. The number of rotatable bonds is 4. The molecule has 3 rings (SSSR count). The lowest BCUT2D eigenvalue weighted by Gasteiger charge is -2.23. The molecular weight excluding hydrogens is 298 g/mol. The average Bonchev–Trinajstić information content (AvgIpc) is 3.12. The van der Waals surface area contributed by atoms with E-state index in [1.54, 1.807) is 0 Å². The van der Waals surface area contributed by atoms with Gasteiger partial charge in [-0.1, -0.05) is 37.4 Å². The Kier molecular flexibility index (Phi) is 5.33. The summed E-state index contributed by atoms with van der Waals surface area (Å²) < 4.78 is 1.93. The minimum atomic E-state index is -0.121. The monoisotopic (exact) mass is 323 g/mol. The summed E-state index contributed by atoms with van der Waals surface area (Å²) in [4.78, 5) is 14.7. The third-order valence-electron chi connectivity index (χ3n) is 4.68. The molecular formula is C15H25N5OS. The molecule has 22 heavy (non-hydrogen) atoms. The molecule has 1 atom stereocenters. The highest BCUT2D eigenvalue weighted by Crippen LogP contribution is 2.32. The van der Waals surface area contributed by atoms with Crippen molar-refractivity contribution in [2.75, 3.05) is 13.1 Å². The van der Waals surface area contributed by atoms with Crippen LogP contribution in [0.3, 0.4) is 0 Å². The van der Waals surface area contributed by atoms with E-state index in [2.05, 4.69) is 15.5 Å². The first-order valence-electron chi connectivity index (χ1n) is 8.49. The van der Waals surface area contributed by atoms with Crippen molar-refractivity contribution in [2.45, 2.75) is 74.7 Å². The van der Waals surface area contributed by atoms with Crippen LogP contribution >= 0.6 is 11.8 Å². The summed E-state index contributed by atoms with van der Waals surface area (Å²) in [5.74, 6) is 0.230. The van der Waals surface area contributed by atoms with Crippen molar-refractivity contribution in [1.82, 2.24) is 25.1 Å². The van der Waals surface area contributed by atoms with Crippen LogP contribution in [0.2, 0.25) is 0 Å². The van der Waals surface area contributed by atoms with Gasteiger partial charge in [-0.05, 0) is 43.0 Å². The highest BCUT2D eigenvalue weighted by atomic mass is 32.2. The fourth-order valence-corrected chi connectivity index (χ4v) is 4.34. The molecule has 0 N–H and O–H groups in total. The van der Waals surface area contributed by atoms with E-state index in [1.165, 1.54) is 37.4 Å². The summed E-state index contributed by atoms with van der Waals surface area (Å²) in [7, 11) is 0. The van der Waals surface area contributed by atoms with E-state index in [-0.39, 0.29) is 11.2 Å². The second-order valence-corrected chi connectivity index (χ2v) is 7.65. The Bertz CT molecular complexity index is 492. The van der Waals surface area contributed by atoms with Crippen LogP contribution in [0, 0.1) is 0 Å². The van der Waals surface area contributed by atoms with Crippen LogP contribution in [0.4, 0.5) is 0 Å². The first kappa shape index (κ1) is 15.8. The van der Waals surface area contributed by atoms with Gasteiger partial charge in [0.1, 0.15) is 0 Å². The van der Waals surface area contributed by atoms with Crippen molar-refractivity contribution >= 4 is 17.7 Å². The number of likely N-dealkylation sites (tertiary alicyclic amines) is 1. The maximum atomic E-state index is 12.6. The molecule has 7 heteroatoms. The topological polar surface area (TPSA) is 63.9 Å². The number of thioether (sulfide) groups is 1. The van der Waals surface area contributed by atoms with Crippen LogP contribution in [0.5, 0.6) is 0 Å².